The molecule has 1 saturated heterocycles. The maximum Gasteiger partial charge on any atom is 0.238 e. The quantitative estimate of drug-likeness (QED) is 0.522. The number of amides is 1. The van der Waals surface area contributed by atoms with Crippen LogP contribution < -0.4 is 14.4 Å². The molecule has 0 spiro atoms. The van der Waals surface area contributed by atoms with Gasteiger partial charge in [0.25, 0.3) is 0 Å². The largest absolute Gasteiger partial charge is 0.495 e. The zero-order chi connectivity index (χ0) is 19.5. The second-order valence-corrected chi connectivity index (χ2v) is 7.74. The number of carbonyl (C=O) groups excluding carboxylic acids is 1. The zero-order valence-corrected chi connectivity index (χ0v) is 16.7. The Labute approximate surface area is 173 Å². The molecule has 0 aromatic heterocycles. The summed E-state index contributed by atoms with van der Waals surface area (Å²) in [5.41, 5.74) is 1.65. The molecule has 0 radical (unpaired) electrons. The molecule has 4 rings (SSSR count). The first-order chi connectivity index (χ1) is 13.7. The summed E-state index contributed by atoms with van der Waals surface area (Å²) in [6, 6.07) is 22.7. The van der Waals surface area contributed by atoms with Crippen molar-refractivity contribution in [3.63, 3.8) is 0 Å². The minimum absolute atomic E-state index is 0.0185. The second kappa shape index (κ2) is 8.17. The van der Waals surface area contributed by atoms with Crippen LogP contribution in [-0.2, 0) is 4.79 Å². The predicted molar refractivity (Wildman–Crippen MR) is 114 cm³/mol. The third kappa shape index (κ3) is 3.81. The number of methoxy groups -OCH3 is 1. The van der Waals surface area contributed by atoms with Crippen LogP contribution in [0.1, 0.15) is 10.9 Å². The number of para-hydroxylation sites is 1. The van der Waals surface area contributed by atoms with Crippen LogP contribution in [0.3, 0.4) is 0 Å². The molecule has 0 aliphatic carbocycles. The van der Waals surface area contributed by atoms with Gasteiger partial charge in [0.05, 0.1) is 18.6 Å². The molecular weight excluding hydrogens is 394 g/mol. The molecule has 142 valence electrons. The van der Waals surface area contributed by atoms with Gasteiger partial charge in [-0.3, -0.25) is 9.69 Å². The van der Waals surface area contributed by atoms with Crippen molar-refractivity contribution in [2.75, 3.05) is 17.8 Å². The normalized spacial score (nSPS) is 16.3. The van der Waals surface area contributed by atoms with Crippen LogP contribution in [0.5, 0.6) is 17.2 Å². The highest BCUT2D eigenvalue weighted by molar-refractivity contribution is 8.00. The molecule has 1 aliphatic rings. The fourth-order valence-electron chi connectivity index (χ4n) is 3.14. The number of thioether (sulfide) groups is 1. The summed E-state index contributed by atoms with van der Waals surface area (Å²) < 4.78 is 11.4. The van der Waals surface area contributed by atoms with Crippen LogP contribution in [0.15, 0.2) is 72.8 Å². The Bertz CT molecular complexity index is 996. The first-order valence-electron chi connectivity index (χ1n) is 8.76. The van der Waals surface area contributed by atoms with E-state index in [0.29, 0.717) is 22.2 Å². The number of hydrogen-bond donors (Lipinski definition) is 0. The van der Waals surface area contributed by atoms with Crippen LogP contribution in [-0.4, -0.2) is 18.8 Å². The van der Waals surface area contributed by atoms with Gasteiger partial charge in [-0.2, -0.15) is 0 Å². The van der Waals surface area contributed by atoms with Crippen molar-refractivity contribution in [3.05, 3.63) is 83.4 Å². The van der Waals surface area contributed by atoms with E-state index in [2.05, 4.69) is 0 Å². The van der Waals surface area contributed by atoms with Crippen molar-refractivity contribution in [3.8, 4) is 17.2 Å². The minimum Gasteiger partial charge on any atom is -0.495 e. The number of ether oxygens (including phenoxy) is 2. The lowest BCUT2D eigenvalue weighted by atomic mass is 10.1. The topological polar surface area (TPSA) is 38.8 Å². The average Bonchev–Trinajstić information content (AvgIpc) is 3.10. The number of nitrogens with zero attached hydrogens (tertiary/aromatic N) is 1. The van der Waals surface area contributed by atoms with Gasteiger partial charge in [-0.1, -0.05) is 41.9 Å². The molecule has 1 amide bonds. The molecule has 0 N–H and O–H groups in total. The number of rotatable bonds is 5. The van der Waals surface area contributed by atoms with Crippen LogP contribution in [0.4, 0.5) is 5.69 Å². The van der Waals surface area contributed by atoms with Crippen LogP contribution >= 0.6 is 23.4 Å². The van der Waals surface area contributed by atoms with E-state index in [1.807, 2.05) is 54.6 Å². The van der Waals surface area contributed by atoms with Gasteiger partial charge in [-0.15, -0.1) is 11.8 Å². The first kappa shape index (κ1) is 18.7. The molecular formula is C22H18ClNO3S. The third-order valence-electron chi connectivity index (χ3n) is 4.39. The van der Waals surface area contributed by atoms with Crippen molar-refractivity contribution >= 4 is 35.0 Å². The standard InChI is InChI=1S/C22H18ClNO3S/c1-26-20-11-10-16(23)13-19(20)24-21(25)14-28-22(24)15-6-5-9-18(12-15)27-17-7-3-2-4-8-17/h2-13,22H,14H2,1H3. The fourth-order valence-corrected chi connectivity index (χ4v) is 4.46. The van der Waals surface area contributed by atoms with Gasteiger partial charge in [0, 0.05) is 5.02 Å². The number of benzene rings is 3. The Balaban J connectivity index is 1.68. The summed E-state index contributed by atoms with van der Waals surface area (Å²) >= 11 is 7.76. The number of anilines is 1. The van der Waals surface area contributed by atoms with Crippen molar-refractivity contribution in [2.24, 2.45) is 0 Å². The average molecular weight is 412 g/mol. The molecule has 1 atom stereocenters. The van der Waals surface area contributed by atoms with Crippen molar-refractivity contribution in [1.29, 1.82) is 0 Å². The molecule has 1 heterocycles. The number of halogens is 1. The van der Waals surface area contributed by atoms with E-state index in [0.717, 1.165) is 17.1 Å². The summed E-state index contributed by atoms with van der Waals surface area (Å²) in [5.74, 6) is 2.51. The Morgan fingerprint density at radius 2 is 1.79 bits per heavy atom. The van der Waals surface area contributed by atoms with E-state index in [1.54, 1.807) is 42.0 Å². The maximum absolute atomic E-state index is 12.7. The van der Waals surface area contributed by atoms with E-state index in [4.69, 9.17) is 21.1 Å². The second-order valence-electron chi connectivity index (χ2n) is 6.23. The Morgan fingerprint density at radius 3 is 2.57 bits per heavy atom. The molecule has 3 aromatic carbocycles. The highest BCUT2D eigenvalue weighted by atomic mass is 35.5. The summed E-state index contributed by atoms with van der Waals surface area (Å²) in [6.45, 7) is 0. The molecule has 1 aliphatic heterocycles. The summed E-state index contributed by atoms with van der Waals surface area (Å²) in [7, 11) is 1.59. The Morgan fingerprint density at radius 1 is 1.00 bits per heavy atom. The van der Waals surface area contributed by atoms with Crippen molar-refractivity contribution in [2.45, 2.75) is 5.37 Å². The lowest BCUT2D eigenvalue weighted by molar-refractivity contribution is -0.115. The number of hydrogen-bond acceptors (Lipinski definition) is 4. The van der Waals surface area contributed by atoms with E-state index < -0.39 is 0 Å². The van der Waals surface area contributed by atoms with Gasteiger partial charge in [0.2, 0.25) is 5.91 Å². The van der Waals surface area contributed by atoms with E-state index >= 15 is 0 Å². The highest BCUT2D eigenvalue weighted by Gasteiger charge is 2.36. The highest BCUT2D eigenvalue weighted by Crippen LogP contribution is 2.46. The molecule has 6 heteroatoms. The fraction of sp³-hybridized carbons (Fsp3) is 0.136. The predicted octanol–water partition coefficient (Wildman–Crippen LogP) is 5.92. The van der Waals surface area contributed by atoms with Crippen molar-refractivity contribution in [1.82, 2.24) is 0 Å². The van der Waals surface area contributed by atoms with Gasteiger partial charge in [0.1, 0.15) is 22.6 Å². The van der Waals surface area contributed by atoms with Crippen LogP contribution in [0.2, 0.25) is 5.02 Å². The Hall–Kier alpha value is -2.63. The zero-order valence-electron chi connectivity index (χ0n) is 15.2. The maximum atomic E-state index is 12.7. The SMILES string of the molecule is COc1ccc(Cl)cc1N1C(=O)CSC1c1cccc(Oc2ccccc2)c1. The van der Waals surface area contributed by atoms with E-state index in [9.17, 15) is 4.79 Å². The molecule has 3 aromatic rings. The number of carbonyl (C=O) groups is 1. The van der Waals surface area contributed by atoms with Crippen LogP contribution in [0.25, 0.3) is 0 Å². The van der Waals surface area contributed by atoms with Crippen molar-refractivity contribution < 1.29 is 14.3 Å². The summed E-state index contributed by atoms with van der Waals surface area (Å²) in [5, 5.41) is 0.375. The third-order valence-corrected chi connectivity index (χ3v) is 5.84. The van der Waals surface area contributed by atoms with Gasteiger partial charge >= 0.3 is 0 Å². The van der Waals surface area contributed by atoms with Crippen LogP contribution in [0, 0.1) is 0 Å². The summed E-state index contributed by atoms with van der Waals surface area (Å²) in [4.78, 5) is 14.4. The molecule has 28 heavy (non-hydrogen) atoms. The summed E-state index contributed by atoms with van der Waals surface area (Å²) in [6.07, 6.45) is 0. The monoisotopic (exact) mass is 411 g/mol. The van der Waals surface area contributed by atoms with E-state index in [1.165, 1.54) is 0 Å². The van der Waals surface area contributed by atoms with Gasteiger partial charge in [0.15, 0.2) is 0 Å². The lowest BCUT2D eigenvalue weighted by Crippen LogP contribution is -2.28. The molecule has 1 fully saturated rings. The van der Waals surface area contributed by atoms with Gasteiger partial charge in [-0.25, -0.2) is 0 Å². The molecule has 4 nitrogen and oxygen atoms in total. The molecule has 0 bridgehead atoms. The smallest absolute Gasteiger partial charge is 0.238 e. The Kier molecular flexibility index (Phi) is 5.46. The van der Waals surface area contributed by atoms with E-state index in [-0.39, 0.29) is 11.3 Å². The first-order valence-corrected chi connectivity index (χ1v) is 10.2. The van der Waals surface area contributed by atoms with Gasteiger partial charge in [-0.05, 0) is 48.0 Å². The molecule has 0 saturated carbocycles. The molecule has 1 unspecified atom stereocenters. The van der Waals surface area contributed by atoms with Gasteiger partial charge < -0.3 is 9.47 Å². The lowest BCUT2D eigenvalue weighted by Gasteiger charge is -2.26. The minimum atomic E-state index is -0.181.